The highest BCUT2D eigenvalue weighted by Gasteiger charge is 2.31. The molecule has 1 amide bonds. The van der Waals surface area contributed by atoms with Gasteiger partial charge in [-0.15, -0.1) is 0 Å². The van der Waals surface area contributed by atoms with Crippen molar-refractivity contribution in [1.82, 2.24) is 4.90 Å². The van der Waals surface area contributed by atoms with Crippen LogP contribution in [0, 0.1) is 20.2 Å². The number of likely N-dealkylation sites (N-methyl/N-ethyl adjacent to an activating group) is 1. The summed E-state index contributed by atoms with van der Waals surface area (Å²) in [5.74, 6) is -2.48. The third kappa shape index (κ3) is 4.54. The molecule has 0 radical (unpaired) electrons. The van der Waals surface area contributed by atoms with E-state index in [1.54, 1.807) is 18.2 Å². The van der Waals surface area contributed by atoms with Gasteiger partial charge in [-0.2, -0.15) is 0 Å². The first kappa shape index (κ1) is 19.3. The molecule has 11 nitrogen and oxygen atoms in total. The fourth-order valence-corrected chi connectivity index (χ4v) is 2.20. The predicted octanol–water partition coefficient (Wildman–Crippen LogP) is 2.45. The first-order valence-electron chi connectivity index (χ1n) is 7.37. The number of hydrogen-bond donors (Lipinski definition) is 1. The number of ether oxygens (including phenoxy) is 1. The molecule has 0 spiro atoms. The predicted molar refractivity (Wildman–Crippen MR) is 90.9 cm³/mol. The largest absolute Gasteiger partial charge is 0.480 e. The minimum absolute atomic E-state index is 0.215. The third-order valence-corrected chi connectivity index (χ3v) is 3.39. The third-order valence-electron chi connectivity index (χ3n) is 3.39. The van der Waals surface area contributed by atoms with Crippen molar-refractivity contribution in [3.63, 3.8) is 0 Å². The van der Waals surface area contributed by atoms with Crippen LogP contribution in [0.2, 0.25) is 0 Å². The van der Waals surface area contributed by atoms with Crippen LogP contribution in [0.4, 0.5) is 11.4 Å². The summed E-state index contributed by atoms with van der Waals surface area (Å²) in [6.45, 7) is -0.706. The lowest BCUT2D eigenvalue weighted by molar-refractivity contribution is -0.394. The second kappa shape index (κ2) is 7.91. The topological polar surface area (TPSA) is 153 Å². The molecule has 11 heteroatoms. The highest BCUT2D eigenvalue weighted by Crippen LogP contribution is 2.37. The summed E-state index contributed by atoms with van der Waals surface area (Å²) >= 11 is 0. The number of benzene rings is 2. The molecule has 0 aliphatic carbocycles. The van der Waals surface area contributed by atoms with Crippen LogP contribution in [0.5, 0.6) is 11.5 Å². The molecule has 0 bridgehead atoms. The van der Waals surface area contributed by atoms with Gasteiger partial charge in [0.25, 0.3) is 11.6 Å². The van der Waals surface area contributed by atoms with E-state index in [4.69, 9.17) is 9.84 Å². The van der Waals surface area contributed by atoms with Gasteiger partial charge in [0.05, 0.1) is 15.9 Å². The van der Waals surface area contributed by atoms with Gasteiger partial charge in [-0.1, -0.05) is 18.2 Å². The molecular formula is C16H13N3O8. The summed E-state index contributed by atoms with van der Waals surface area (Å²) in [7, 11) is 1.14. The molecule has 0 saturated heterocycles. The summed E-state index contributed by atoms with van der Waals surface area (Å²) in [5.41, 5.74) is -2.06. The van der Waals surface area contributed by atoms with Crippen molar-refractivity contribution >= 4 is 23.3 Å². The van der Waals surface area contributed by atoms with Gasteiger partial charge in [-0.3, -0.25) is 29.8 Å². The molecule has 0 aromatic heterocycles. The van der Waals surface area contributed by atoms with Crippen LogP contribution in [0.1, 0.15) is 10.4 Å². The fourth-order valence-electron chi connectivity index (χ4n) is 2.20. The van der Waals surface area contributed by atoms with E-state index in [0.717, 1.165) is 18.0 Å². The van der Waals surface area contributed by atoms with Gasteiger partial charge >= 0.3 is 11.7 Å². The molecule has 2 aromatic carbocycles. The second-order valence-corrected chi connectivity index (χ2v) is 5.32. The summed E-state index contributed by atoms with van der Waals surface area (Å²) in [6, 6.07) is 9.39. The standard InChI is InChI=1S/C16H13N3O8/c1-17(9-15(20)21)16(22)11-7-14(27-10-5-3-2-4-6-10)13(19(25)26)8-12(11)18(23)24/h2-8H,9H2,1H3,(H,20,21). The van der Waals surface area contributed by atoms with Gasteiger partial charge in [0.15, 0.2) is 0 Å². The highest BCUT2D eigenvalue weighted by molar-refractivity contribution is 6.00. The lowest BCUT2D eigenvalue weighted by atomic mass is 10.1. The molecule has 0 unspecified atom stereocenters. The van der Waals surface area contributed by atoms with Gasteiger partial charge in [0, 0.05) is 13.1 Å². The molecule has 2 aromatic rings. The molecule has 0 aliphatic rings. The Hall–Kier alpha value is -4.02. The molecule has 27 heavy (non-hydrogen) atoms. The van der Waals surface area contributed by atoms with Crippen molar-refractivity contribution in [2.24, 2.45) is 0 Å². The number of carbonyl (C=O) groups is 2. The van der Waals surface area contributed by atoms with Crippen LogP contribution < -0.4 is 4.74 Å². The van der Waals surface area contributed by atoms with Gasteiger partial charge in [0.1, 0.15) is 17.9 Å². The van der Waals surface area contributed by atoms with Crippen molar-refractivity contribution in [2.45, 2.75) is 0 Å². The van der Waals surface area contributed by atoms with Crippen LogP contribution in [0.25, 0.3) is 0 Å². The molecule has 140 valence electrons. The summed E-state index contributed by atoms with van der Waals surface area (Å²) in [6.07, 6.45) is 0. The van der Waals surface area contributed by atoms with Gasteiger partial charge in [-0.25, -0.2) is 0 Å². The molecule has 2 rings (SSSR count). The Balaban J connectivity index is 2.58. The number of nitro groups is 2. The van der Waals surface area contributed by atoms with Gasteiger partial charge < -0.3 is 14.7 Å². The van der Waals surface area contributed by atoms with E-state index >= 15 is 0 Å². The Morgan fingerprint density at radius 1 is 1.07 bits per heavy atom. The number of rotatable bonds is 7. The van der Waals surface area contributed by atoms with Crippen molar-refractivity contribution < 1.29 is 29.3 Å². The van der Waals surface area contributed by atoms with Crippen LogP contribution in [0.15, 0.2) is 42.5 Å². The van der Waals surface area contributed by atoms with E-state index in [0.29, 0.717) is 6.07 Å². The zero-order valence-electron chi connectivity index (χ0n) is 13.9. The minimum Gasteiger partial charge on any atom is -0.480 e. The Labute approximate surface area is 151 Å². The van der Waals surface area contributed by atoms with Crippen molar-refractivity contribution in [2.75, 3.05) is 13.6 Å². The van der Waals surface area contributed by atoms with Gasteiger partial charge in [0.2, 0.25) is 5.75 Å². The summed E-state index contributed by atoms with van der Waals surface area (Å²) < 4.78 is 5.41. The maximum atomic E-state index is 12.4. The number of nitro benzene ring substituents is 2. The number of carbonyl (C=O) groups excluding carboxylic acids is 1. The first-order valence-corrected chi connectivity index (χ1v) is 7.37. The molecule has 0 heterocycles. The maximum absolute atomic E-state index is 12.4. The van der Waals surface area contributed by atoms with E-state index in [1.807, 2.05) is 0 Å². The zero-order valence-corrected chi connectivity index (χ0v) is 13.9. The van der Waals surface area contributed by atoms with Gasteiger partial charge in [-0.05, 0) is 12.1 Å². The molecule has 0 saturated carbocycles. The number of hydrogen-bond acceptors (Lipinski definition) is 7. The lowest BCUT2D eigenvalue weighted by Gasteiger charge is -2.15. The smallest absolute Gasteiger partial charge is 0.323 e. The quantitative estimate of drug-likeness (QED) is 0.572. The molecule has 0 atom stereocenters. The van der Waals surface area contributed by atoms with Crippen LogP contribution >= 0.6 is 0 Å². The normalized spacial score (nSPS) is 10.1. The van der Waals surface area contributed by atoms with Crippen LogP contribution in [-0.2, 0) is 4.79 Å². The number of amides is 1. The SMILES string of the molecule is CN(CC(=O)O)C(=O)c1cc(Oc2ccccc2)c([N+](=O)[O-])cc1[N+](=O)[O-]. The van der Waals surface area contributed by atoms with Crippen molar-refractivity contribution in [3.05, 3.63) is 68.3 Å². The molecular weight excluding hydrogens is 362 g/mol. The maximum Gasteiger partial charge on any atom is 0.323 e. The highest BCUT2D eigenvalue weighted by atomic mass is 16.6. The first-order chi connectivity index (χ1) is 12.7. The lowest BCUT2D eigenvalue weighted by Crippen LogP contribution is -2.32. The molecule has 0 fully saturated rings. The average molecular weight is 375 g/mol. The van der Waals surface area contributed by atoms with Crippen molar-refractivity contribution in [3.8, 4) is 11.5 Å². The fraction of sp³-hybridized carbons (Fsp3) is 0.125. The van der Waals surface area contributed by atoms with E-state index in [9.17, 15) is 29.8 Å². The number of carboxylic acid groups (broad SMARTS) is 1. The monoisotopic (exact) mass is 375 g/mol. The number of carboxylic acids is 1. The number of nitrogens with zero attached hydrogens (tertiary/aromatic N) is 3. The van der Waals surface area contributed by atoms with Crippen LogP contribution in [0.3, 0.4) is 0 Å². The van der Waals surface area contributed by atoms with E-state index < -0.39 is 45.2 Å². The Morgan fingerprint density at radius 2 is 1.67 bits per heavy atom. The zero-order chi connectivity index (χ0) is 20.1. The van der Waals surface area contributed by atoms with Crippen LogP contribution in [-0.4, -0.2) is 45.3 Å². The van der Waals surface area contributed by atoms with E-state index in [1.165, 1.54) is 12.1 Å². The average Bonchev–Trinajstić information content (AvgIpc) is 2.60. The number of aliphatic carboxylic acids is 1. The molecule has 1 N–H and O–H groups in total. The second-order valence-electron chi connectivity index (χ2n) is 5.32. The minimum atomic E-state index is -1.32. The van der Waals surface area contributed by atoms with E-state index in [2.05, 4.69) is 0 Å². The Morgan fingerprint density at radius 3 is 2.19 bits per heavy atom. The number of para-hydroxylation sites is 1. The van der Waals surface area contributed by atoms with Crippen molar-refractivity contribution in [1.29, 1.82) is 0 Å². The summed E-state index contributed by atoms with van der Waals surface area (Å²) in [4.78, 5) is 44.7. The Kier molecular flexibility index (Phi) is 5.65. The van der Waals surface area contributed by atoms with E-state index in [-0.39, 0.29) is 11.5 Å². The summed E-state index contributed by atoms with van der Waals surface area (Å²) in [5, 5.41) is 31.3. The molecule has 0 aliphatic heterocycles. The Bertz CT molecular complexity index is 913.